The second-order valence-corrected chi connectivity index (χ2v) is 6.62. The van der Waals surface area contributed by atoms with E-state index in [0.717, 1.165) is 17.2 Å². The molecule has 3 rings (SSSR count). The zero-order valence-electron chi connectivity index (χ0n) is 16.2. The SMILES string of the molecule is C#Cc1ccc(/C(N)=C(\C(=O)NCCC)C(=O)c2cccc3ccccc23)cc1. The number of amides is 1. The zero-order valence-corrected chi connectivity index (χ0v) is 16.2. The summed E-state index contributed by atoms with van der Waals surface area (Å²) in [5.74, 6) is 1.65. The number of carbonyl (C=O) groups excluding carboxylic acids is 2. The summed E-state index contributed by atoms with van der Waals surface area (Å²) in [5.41, 5.74) is 8.09. The van der Waals surface area contributed by atoms with Gasteiger partial charge in [0, 0.05) is 17.7 Å². The zero-order chi connectivity index (χ0) is 20.8. The van der Waals surface area contributed by atoms with E-state index in [9.17, 15) is 9.59 Å². The lowest BCUT2D eigenvalue weighted by Gasteiger charge is -2.13. The van der Waals surface area contributed by atoms with Crippen molar-refractivity contribution >= 4 is 28.2 Å². The van der Waals surface area contributed by atoms with Gasteiger partial charge in [-0.1, -0.05) is 67.4 Å². The lowest BCUT2D eigenvalue weighted by Crippen LogP contribution is -2.31. The number of fused-ring (bicyclic) bond motifs is 1. The van der Waals surface area contributed by atoms with Crippen LogP contribution in [0.4, 0.5) is 0 Å². The first-order valence-electron chi connectivity index (χ1n) is 9.44. The van der Waals surface area contributed by atoms with Crippen LogP contribution >= 0.6 is 0 Å². The van der Waals surface area contributed by atoms with Crippen LogP contribution in [0.15, 0.2) is 72.3 Å². The molecule has 0 heterocycles. The maximum Gasteiger partial charge on any atom is 0.257 e. The number of carbonyl (C=O) groups is 2. The molecule has 0 unspecified atom stereocenters. The van der Waals surface area contributed by atoms with E-state index in [-0.39, 0.29) is 11.3 Å². The van der Waals surface area contributed by atoms with Crippen molar-refractivity contribution in [2.75, 3.05) is 6.54 Å². The van der Waals surface area contributed by atoms with Crippen LogP contribution < -0.4 is 11.1 Å². The number of nitrogens with two attached hydrogens (primary N) is 1. The molecule has 0 aromatic heterocycles. The Bertz CT molecular complexity index is 1130. The minimum atomic E-state index is -0.483. The highest BCUT2D eigenvalue weighted by atomic mass is 16.2. The van der Waals surface area contributed by atoms with Crippen LogP contribution in [-0.2, 0) is 4.79 Å². The van der Waals surface area contributed by atoms with Gasteiger partial charge >= 0.3 is 0 Å². The second kappa shape index (κ2) is 8.90. The van der Waals surface area contributed by atoms with E-state index in [2.05, 4.69) is 11.2 Å². The first-order chi connectivity index (χ1) is 14.1. The van der Waals surface area contributed by atoms with Gasteiger partial charge in [0.15, 0.2) is 0 Å². The van der Waals surface area contributed by atoms with Gasteiger partial charge in [-0.05, 0) is 34.9 Å². The van der Waals surface area contributed by atoms with Crippen LogP contribution in [-0.4, -0.2) is 18.2 Å². The van der Waals surface area contributed by atoms with Gasteiger partial charge in [0.05, 0.1) is 5.70 Å². The van der Waals surface area contributed by atoms with E-state index in [1.54, 1.807) is 36.4 Å². The molecule has 3 aromatic rings. The molecule has 0 aliphatic carbocycles. The summed E-state index contributed by atoms with van der Waals surface area (Å²) in [6, 6.07) is 19.9. The van der Waals surface area contributed by atoms with E-state index < -0.39 is 11.7 Å². The first-order valence-corrected chi connectivity index (χ1v) is 9.44. The molecule has 0 radical (unpaired) electrons. The standard InChI is InChI=1S/C25H22N2O2/c1-3-16-27-25(29)22(23(26)19-14-12-17(4-2)13-15-19)24(28)21-11-7-9-18-8-5-6-10-20(18)21/h2,5-15H,3,16,26H2,1H3,(H,27,29)/b23-22+. The predicted molar refractivity (Wildman–Crippen MR) is 117 cm³/mol. The van der Waals surface area contributed by atoms with Crippen molar-refractivity contribution in [1.29, 1.82) is 0 Å². The van der Waals surface area contributed by atoms with E-state index in [4.69, 9.17) is 12.2 Å². The Morgan fingerprint density at radius 3 is 2.38 bits per heavy atom. The fourth-order valence-electron chi connectivity index (χ4n) is 3.12. The molecule has 4 nitrogen and oxygen atoms in total. The van der Waals surface area contributed by atoms with Gasteiger partial charge in [0.1, 0.15) is 5.57 Å². The maximum absolute atomic E-state index is 13.5. The second-order valence-electron chi connectivity index (χ2n) is 6.62. The Kier molecular flexibility index (Phi) is 6.11. The van der Waals surface area contributed by atoms with Crippen LogP contribution in [0.1, 0.15) is 34.8 Å². The third kappa shape index (κ3) is 4.20. The highest BCUT2D eigenvalue weighted by molar-refractivity contribution is 6.32. The summed E-state index contributed by atoms with van der Waals surface area (Å²) in [7, 11) is 0. The molecule has 3 aromatic carbocycles. The number of terminal acetylenes is 1. The third-order valence-corrected chi connectivity index (χ3v) is 4.66. The van der Waals surface area contributed by atoms with E-state index >= 15 is 0 Å². The lowest BCUT2D eigenvalue weighted by molar-refractivity contribution is -0.117. The smallest absolute Gasteiger partial charge is 0.257 e. The Morgan fingerprint density at radius 1 is 1.00 bits per heavy atom. The number of ketones is 1. The van der Waals surface area contributed by atoms with Crippen molar-refractivity contribution in [1.82, 2.24) is 5.32 Å². The number of benzene rings is 3. The molecule has 0 aliphatic heterocycles. The van der Waals surface area contributed by atoms with Crippen LogP contribution in [0.25, 0.3) is 16.5 Å². The van der Waals surface area contributed by atoms with Gasteiger partial charge in [-0.15, -0.1) is 6.42 Å². The molecule has 3 N–H and O–H groups in total. The minimum absolute atomic E-state index is 0.0664. The molecule has 0 spiro atoms. The molecule has 0 saturated carbocycles. The number of rotatable bonds is 6. The molecule has 1 amide bonds. The molecule has 0 aliphatic rings. The fourth-order valence-corrected chi connectivity index (χ4v) is 3.12. The van der Waals surface area contributed by atoms with Crippen molar-refractivity contribution in [2.24, 2.45) is 5.73 Å². The van der Waals surface area contributed by atoms with E-state index in [1.807, 2.05) is 37.3 Å². The monoisotopic (exact) mass is 382 g/mol. The average molecular weight is 382 g/mol. The average Bonchev–Trinajstić information content (AvgIpc) is 2.77. The normalized spacial score (nSPS) is 11.4. The molecular weight excluding hydrogens is 360 g/mol. The Balaban J connectivity index is 2.15. The predicted octanol–water partition coefficient (Wildman–Crippen LogP) is 3.90. The summed E-state index contributed by atoms with van der Waals surface area (Å²) in [6.45, 7) is 2.40. The number of hydrogen-bond donors (Lipinski definition) is 2. The molecule has 0 fully saturated rings. The van der Waals surface area contributed by atoms with Crippen molar-refractivity contribution in [2.45, 2.75) is 13.3 Å². The van der Waals surface area contributed by atoms with Gasteiger partial charge in [-0.3, -0.25) is 9.59 Å². The first kappa shape index (κ1) is 19.9. The summed E-state index contributed by atoms with van der Waals surface area (Å²) < 4.78 is 0. The van der Waals surface area contributed by atoms with Crippen LogP contribution in [0.3, 0.4) is 0 Å². The van der Waals surface area contributed by atoms with Gasteiger partial charge in [-0.25, -0.2) is 0 Å². The molecule has 29 heavy (non-hydrogen) atoms. The summed E-state index contributed by atoms with van der Waals surface area (Å²) in [4.78, 5) is 26.4. The van der Waals surface area contributed by atoms with Crippen molar-refractivity contribution < 1.29 is 9.59 Å². The molecule has 0 bridgehead atoms. The molecule has 4 heteroatoms. The number of Topliss-reactive ketones (excluding diaryl/α,β-unsaturated/α-hetero) is 1. The van der Waals surface area contributed by atoms with Crippen molar-refractivity contribution in [3.8, 4) is 12.3 Å². The topological polar surface area (TPSA) is 72.2 Å². The third-order valence-electron chi connectivity index (χ3n) is 4.66. The van der Waals surface area contributed by atoms with Crippen LogP contribution in [0, 0.1) is 12.3 Å². The highest BCUT2D eigenvalue weighted by Crippen LogP contribution is 2.24. The van der Waals surface area contributed by atoms with Crippen molar-refractivity contribution in [3.05, 3.63) is 89.0 Å². The highest BCUT2D eigenvalue weighted by Gasteiger charge is 2.25. The number of nitrogens with one attached hydrogen (secondary N) is 1. The fraction of sp³-hybridized carbons (Fsp3) is 0.120. The summed E-state index contributed by atoms with van der Waals surface area (Å²) >= 11 is 0. The molecule has 0 saturated heterocycles. The maximum atomic E-state index is 13.5. The molecule has 0 atom stereocenters. The summed E-state index contributed by atoms with van der Waals surface area (Å²) in [5, 5.41) is 4.47. The van der Waals surface area contributed by atoms with Gasteiger partial charge < -0.3 is 11.1 Å². The van der Waals surface area contributed by atoms with E-state index in [1.165, 1.54) is 0 Å². The molecule has 144 valence electrons. The largest absolute Gasteiger partial charge is 0.397 e. The summed E-state index contributed by atoms with van der Waals surface area (Å²) in [6.07, 6.45) is 6.15. The quantitative estimate of drug-likeness (QED) is 0.223. The van der Waals surface area contributed by atoms with E-state index in [0.29, 0.717) is 23.2 Å². The lowest BCUT2D eigenvalue weighted by atomic mass is 9.93. The Morgan fingerprint density at radius 2 is 1.69 bits per heavy atom. The minimum Gasteiger partial charge on any atom is -0.397 e. The van der Waals surface area contributed by atoms with Gasteiger partial charge in [0.2, 0.25) is 5.78 Å². The number of hydrogen-bond acceptors (Lipinski definition) is 3. The van der Waals surface area contributed by atoms with Crippen molar-refractivity contribution in [3.63, 3.8) is 0 Å². The van der Waals surface area contributed by atoms with Gasteiger partial charge in [0.25, 0.3) is 5.91 Å². The van der Waals surface area contributed by atoms with Crippen LogP contribution in [0.5, 0.6) is 0 Å². The Labute approximate surface area is 170 Å². The molecular formula is C25H22N2O2. The Hall–Kier alpha value is -3.84. The van der Waals surface area contributed by atoms with Gasteiger partial charge in [-0.2, -0.15) is 0 Å². The van der Waals surface area contributed by atoms with Crippen LogP contribution in [0.2, 0.25) is 0 Å².